The zero-order chi connectivity index (χ0) is 14.8. The molecule has 108 valence electrons. The molecule has 4 nitrogen and oxygen atoms in total. The average Bonchev–Trinajstić information content (AvgIpc) is 2.23. The maximum Gasteiger partial charge on any atom is 0.303 e. The van der Waals surface area contributed by atoms with Gasteiger partial charge in [0.1, 0.15) is 12.7 Å². The highest BCUT2D eigenvalue weighted by atomic mass is 16.5. The molecular weight excluding hydrogens is 244 g/mol. The number of hydrogen-bond acceptors (Lipinski definition) is 4. The summed E-state index contributed by atoms with van der Waals surface area (Å²) in [4.78, 5) is 21.7. The van der Waals surface area contributed by atoms with Crippen LogP contribution in [0.15, 0.2) is 23.3 Å². The molecule has 1 atom stereocenters. The Kier molecular flexibility index (Phi) is 8.58. The van der Waals surface area contributed by atoms with Crippen LogP contribution in [-0.2, 0) is 19.1 Å². The summed E-state index contributed by atoms with van der Waals surface area (Å²) in [5.74, 6) is -0.631. The lowest BCUT2D eigenvalue weighted by Gasteiger charge is -2.11. The summed E-state index contributed by atoms with van der Waals surface area (Å²) in [5.41, 5.74) is 2.21. The van der Waals surface area contributed by atoms with Gasteiger partial charge in [-0.25, -0.2) is 0 Å². The molecule has 0 aromatic carbocycles. The molecule has 0 aliphatic carbocycles. The van der Waals surface area contributed by atoms with Crippen molar-refractivity contribution in [3.8, 4) is 0 Å². The monoisotopic (exact) mass is 268 g/mol. The van der Waals surface area contributed by atoms with Crippen molar-refractivity contribution in [1.82, 2.24) is 0 Å². The maximum absolute atomic E-state index is 10.9. The summed E-state index contributed by atoms with van der Waals surface area (Å²) >= 11 is 0. The summed E-state index contributed by atoms with van der Waals surface area (Å²) in [6.07, 6.45) is 5.31. The first-order chi connectivity index (χ1) is 8.81. The summed E-state index contributed by atoms with van der Waals surface area (Å²) in [6.45, 7) is 8.87. The van der Waals surface area contributed by atoms with Crippen molar-refractivity contribution >= 4 is 11.9 Å². The second-order valence-corrected chi connectivity index (χ2v) is 4.74. The number of esters is 2. The zero-order valence-electron chi connectivity index (χ0n) is 12.5. The largest absolute Gasteiger partial charge is 0.461 e. The average molecular weight is 268 g/mol. The van der Waals surface area contributed by atoms with Crippen molar-refractivity contribution in [2.24, 2.45) is 0 Å². The van der Waals surface area contributed by atoms with E-state index in [-0.39, 0.29) is 24.6 Å². The zero-order valence-corrected chi connectivity index (χ0v) is 12.5. The first kappa shape index (κ1) is 17.4. The van der Waals surface area contributed by atoms with Gasteiger partial charge in [-0.05, 0) is 45.3 Å². The van der Waals surface area contributed by atoms with Crippen LogP contribution >= 0.6 is 0 Å². The fourth-order valence-electron chi connectivity index (χ4n) is 1.57. The Morgan fingerprint density at radius 1 is 1.11 bits per heavy atom. The molecule has 0 aromatic rings. The van der Waals surface area contributed by atoms with Crippen molar-refractivity contribution in [1.29, 1.82) is 0 Å². The van der Waals surface area contributed by atoms with Crippen LogP contribution in [0.3, 0.4) is 0 Å². The predicted octanol–water partition coefficient (Wildman–Crippen LogP) is 3.17. The fourth-order valence-corrected chi connectivity index (χ4v) is 1.57. The van der Waals surface area contributed by atoms with E-state index in [9.17, 15) is 9.59 Å². The van der Waals surface area contributed by atoms with Gasteiger partial charge in [-0.15, -0.1) is 0 Å². The molecule has 0 radical (unpaired) electrons. The molecule has 0 bridgehead atoms. The number of hydrogen-bond donors (Lipinski definition) is 0. The molecule has 0 aromatic heterocycles. The van der Waals surface area contributed by atoms with Crippen molar-refractivity contribution in [2.75, 3.05) is 6.61 Å². The van der Waals surface area contributed by atoms with Gasteiger partial charge >= 0.3 is 11.9 Å². The minimum absolute atomic E-state index is 0.248. The Hall–Kier alpha value is -1.58. The van der Waals surface area contributed by atoms with Gasteiger partial charge in [0, 0.05) is 13.8 Å². The SMILES string of the molecule is CC(=O)OCC(=CC(C)OC(C)=O)CCC=C(C)C. The third-order valence-electron chi connectivity index (χ3n) is 2.30. The fraction of sp³-hybridized carbons (Fsp3) is 0.600. The van der Waals surface area contributed by atoms with E-state index in [1.807, 2.05) is 19.9 Å². The maximum atomic E-state index is 10.9. The van der Waals surface area contributed by atoms with E-state index in [4.69, 9.17) is 9.47 Å². The van der Waals surface area contributed by atoms with Crippen LogP contribution in [0.4, 0.5) is 0 Å². The Morgan fingerprint density at radius 2 is 1.74 bits per heavy atom. The van der Waals surface area contributed by atoms with E-state index in [1.54, 1.807) is 6.92 Å². The van der Waals surface area contributed by atoms with Gasteiger partial charge in [-0.3, -0.25) is 9.59 Å². The molecule has 0 fully saturated rings. The minimum atomic E-state index is -0.320. The van der Waals surface area contributed by atoms with Gasteiger partial charge in [-0.2, -0.15) is 0 Å². The number of carbonyl (C=O) groups is 2. The summed E-state index contributed by atoms with van der Waals surface area (Å²) in [6, 6.07) is 0. The minimum Gasteiger partial charge on any atom is -0.461 e. The van der Waals surface area contributed by atoms with Gasteiger partial charge in [-0.1, -0.05) is 11.6 Å². The molecule has 0 N–H and O–H groups in total. The van der Waals surface area contributed by atoms with Crippen LogP contribution in [-0.4, -0.2) is 24.6 Å². The molecular formula is C15H24O4. The lowest BCUT2D eigenvalue weighted by atomic mass is 10.1. The van der Waals surface area contributed by atoms with Crippen molar-refractivity contribution in [2.45, 2.75) is 53.6 Å². The Morgan fingerprint density at radius 3 is 2.21 bits per heavy atom. The second kappa shape index (κ2) is 9.36. The van der Waals surface area contributed by atoms with Crippen LogP contribution in [0.5, 0.6) is 0 Å². The van der Waals surface area contributed by atoms with Crippen molar-refractivity contribution < 1.29 is 19.1 Å². The van der Waals surface area contributed by atoms with E-state index >= 15 is 0 Å². The summed E-state index contributed by atoms with van der Waals surface area (Å²) in [7, 11) is 0. The molecule has 0 rings (SSSR count). The molecule has 0 aliphatic rings. The van der Waals surface area contributed by atoms with Crippen LogP contribution in [0, 0.1) is 0 Å². The number of ether oxygens (including phenoxy) is 2. The first-order valence-electron chi connectivity index (χ1n) is 6.44. The number of rotatable bonds is 7. The third kappa shape index (κ3) is 11.3. The van der Waals surface area contributed by atoms with Gasteiger partial charge in [0.2, 0.25) is 0 Å². The van der Waals surface area contributed by atoms with E-state index in [1.165, 1.54) is 19.4 Å². The van der Waals surface area contributed by atoms with Crippen LogP contribution < -0.4 is 0 Å². The van der Waals surface area contributed by atoms with E-state index in [0.717, 1.165) is 18.4 Å². The Bertz CT molecular complexity index is 362. The molecule has 0 saturated heterocycles. The molecule has 0 amide bonds. The summed E-state index contributed by atoms with van der Waals surface area (Å²) < 4.78 is 10.0. The molecule has 0 heterocycles. The smallest absolute Gasteiger partial charge is 0.303 e. The van der Waals surface area contributed by atoms with Crippen molar-refractivity contribution in [3.63, 3.8) is 0 Å². The lowest BCUT2D eigenvalue weighted by molar-refractivity contribution is -0.144. The number of carbonyl (C=O) groups excluding carboxylic acids is 2. The van der Waals surface area contributed by atoms with Gasteiger partial charge in [0.25, 0.3) is 0 Å². The molecule has 0 saturated carbocycles. The van der Waals surface area contributed by atoms with Gasteiger partial charge < -0.3 is 9.47 Å². The quantitative estimate of drug-likeness (QED) is 0.525. The highest BCUT2D eigenvalue weighted by Crippen LogP contribution is 2.11. The first-order valence-corrected chi connectivity index (χ1v) is 6.44. The molecule has 19 heavy (non-hydrogen) atoms. The van der Waals surface area contributed by atoms with Crippen molar-refractivity contribution in [3.05, 3.63) is 23.3 Å². The number of allylic oxidation sites excluding steroid dienone is 2. The molecule has 4 heteroatoms. The molecule has 1 unspecified atom stereocenters. The third-order valence-corrected chi connectivity index (χ3v) is 2.30. The highest BCUT2D eigenvalue weighted by Gasteiger charge is 2.06. The van der Waals surface area contributed by atoms with E-state index in [0.29, 0.717) is 0 Å². The Labute approximate surface area is 115 Å². The molecule has 0 spiro atoms. The van der Waals surface area contributed by atoms with Crippen LogP contribution in [0.2, 0.25) is 0 Å². The summed E-state index contributed by atoms with van der Waals surface area (Å²) in [5, 5.41) is 0. The van der Waals surface area contributed by atoms with Gasteiger partial charge in [0.05, 0.1) is 0 Å². The van der Waals surface area contributed by atoms with E-state index < -0.39 is 0 Å². The van der Waals surface area contributed by atoms with Gasteiger partial charge in [0.15, 0.2) is 0 Å². The predicted molar refractivity (Wildman–Crippen MR) is 74.6 cm³/mol. The lowest BCUT2D eigenvalue weighted by Crippen LogP contribution is -2.12. The topological polar surface area (TPSA) is 52.6 Å². The van der Waals surface area contributed by atoms with Crippen LogP contribution in [0.25, 0.3) is 0 Å². The highest BCUT2D eigenvalue weighted by molar-refractivity contribution is 5.66. The van der Waals surface area contributed by atoms with E-state index in [2.05, 4.69) is 6.08 Å². The normalized spacial score (nSPS) is 12.6. The van der Waals surface area contributed by atoms with Crippen LogP contribution in [0.1, 0.15) is 47.5 Å². The second-order valence-electron chi connectivity index (χ2n) is 4.74. The molecule has 0 aliphatic heterocycles. The standard InChI is InChI=1S/C15H24O4/c1-11(2)7-6-8-15(10-18-13(4)16)9-12(3)19-14(5)17/h7,9,12H,6,8,10H2,1-5H3. The Balaban J connectivity index is 4.54.